The van der Waals surface area contributed by atoms with E-state index in [1.54, 1.807) is 41.3 Å². The molecule has 2 aromatic carbocycles. The molecular formula is C22H25Cl2NO3. The third-order valence-electron chi connectivity index (χ3n) is 4.46. The van der Waals surface area contributed by atoms with Crippen molar-refractivity contribution in [3.05, 3.63) is 64.1 Å². The number of benzene rings is 2. The zero-order valence-corrected chi connectivity index (χ0v) is 17.5. The summed E-state index contributed by atoms with van der Waals surface area (Å²) in [6, 6.07) is 14.2. The molecule has 6 heteroatoms. The molecule has 0 aliphatic heterocycles. The van der Waals surface area contributed by atoms with Crippen LogP contribution in [0.15, 0.2) is 48.5 Å². The second kappa shape index (κ2) is 11.7. The molecule has 0 saturated carbocycles. The quantitative estimate of drug-likeness (QED) is 0.341. The van der Waals surface area contributed by atoms with Gasteiger partial charge in [-0.05, 0) is 61.4 Å². The topological polar surface area (TPSA) is 46.6 Å². The van der Waals surface area contributed by atoms with Crippen molar-refractivity contribution in [2.24, 2.45) is 0 Å². The molecule has 0 saturated heterocycles. The summed E-state index contributed by atoms with van der Waals surface area (Å²) in [7, 11) is 1.41. The summed E-state index contributed by atoms with van der Waals surface area (Å²) >= 11 is 11.9. The Morgan fingerprint density at radius 1 is 0.821 bits per heavy atom. The minimum atomic E-state index is -0.164. The van der Waals surface area contributed by atoms with E-state index in [9.17, 15) is 9.59 Å². The molecule has 0 radical (unpaired) electrons. The SMILES string of the molecule is COC(=O)CCCCCCCN(C(=O)c1ccc(Cl)cc1)c1ccc(Cl)cc1. The third kappa shape index (κ3) is 7.17. The van der Waals surface area contributed by atoms with Crippen LogP contribution in [-0.4, -0.2) is 25.5 Å². The van der Waals surface area contributed by atoms with Crippen LogP contribution in [0, 0.1) is 0 Å². The van der Waals surface area contributed by atoms with Gasteiger partial charge < -0.3 is 9.64 Å². The number of methoxy groups -OCH3 is 1. The van der Waals surface area contributed by atoms with E-state index in [0.717, 1.165) is 37.8 Å². The molecule has 28 heavy (non-hydrogen) atoms. The van der Waals surface area contributed by atoms with Crippen molar-refractivity contribution >= 4 is 40.8 Å². The number of rotatable bonds is 10. The lowest BCUT2D eigenvalue weighted by Crippen LogP contribution is -2.31. The van der Waals surface area contributed by atoms with Crippen LogP contribution in [0.5, 0.6) is 0 Å². The molecule has 0 unspecified atom stereocenters. The molecule has 2 rings (SSSR count). The van der Waals surface area contributed by atoms with Crippen LogP contribution in [-0.2, 0) is 9.53 Å². The van der Waals surface area contributed by atoms with Crippen LogP contribution in [0.4, 0.5) is 5.69 Å². The predicted octanol–water partition coefficient (Wildman–Crippen LogP) is 6.15. The first-order chi connectivity index (χ1) is 13.5. The van der Waals surface area contributed by atoms with E-state index in [1.807, 2.05) is 12.1 Å². The number of amides is 1. The standard InChI is InChI=1S/C22H25Cl2NO3/c1-28-21(26)7-5-3-2-4-6-16-25(20-14-12-19(24)13-15-20)22(27)17-8-10-18(23)11-9-17/h8-15H,2-7,16H2,1H3. The number of ether oxygens (including phenoxy) is 1. The Labute approximate surface area is 176 Å². The number of hydrogen-bond donors (Lipinski definition) is 0. The molecule has 0 atom stereocenters. The number of nitrogens with zero attached hydrogens (tertiary/aromatic N) is 1. The lowest BCUT2D eigenvalue weighted by molar-refractivity contribution is -0.140. The molecule has 2 aromatic rings. The number of anilines is 1. The number of carbonyl (C=O) groups is 2. The zero-order chi connectivity index (χ0) is 20.4. The summed E-state index contributed by atoms with van der Waals surface area (Å²) in [4.78, 5) is 25.9. The lowest BCUT2D eigenvalue weighted by Gasteiger charge is -2.23. The van der Waals surface area contributed by atoms with Gasteiger partial charge in [-0.15, -0.1) is 0 Å². The van der Waals surface area contributed by atoms with Crippen molar-refractivity contribution in [3.8, 4) is 0 Å². The molecular weight excluding hydrogens is 397 g/mol. The second-order valence-electron chi connectivity index (χ2n) is 6.53. The van der Waals surface area contributed by atoms with Gasteiger partial charge in [0.15, 0.2) is 0 Å². The summed E-state index contributed by atoms with van der Waals surface area (Å²) in [5, 5.41) is 1.23. The highest BCUT2D eigenvalue weighted by Gasteiger charge is 2.17. The highest BCUT2D eigenvalue weighted by atomic mass is 35.5. The molecule has 0 aliphatic carbocycles. The van der Waals surface area contributed by atoms with Crippen molar-refractivity contribution in [1.29, 1.82) is 0 Å². The first-order valence-corrected chi connectivity index (χ1v) is 10.2. The largest absolute Gasteiger partial charge is 0.469 e. The maximum absolute atomic E-state index is 13.0. The van der Waals surface area contributed by atoms with Crippen molar-refractivity contribution < 1.29 is 14.3 Å². The molecule has 0 spiro atoms. The summed E-state index contributed by atoms with van der Waals surface area (Å²) in [5.41, 5.74) is 1.41. The van der Waals surface area contributed by atoms with Crippen LogP contribution in [0.25, 0.3) is 0 Å². The van der Waals surface area contributed by atoms with Crippen LogP contribution in [0.3, 0.4) is 0 Å². The van der Waals surface area contributed by atoms with Gasteiger partial charge in [0, 0.05) is 34.3 Å². The van der Waals surface area contributed by atoms with Gasteiger partial charge >= 0.3 is 5.97 Å². The fourth-order valence-electron chi connectivity index (χ4n) is 2.89. The molecule has 1 amide bonds. The minimum Gasteiger partial charge on any atom is -0.469 e. The zero-order valence-electron chi connectivity index (χ0n) is 16.0. The summed E-state index contributed by atoms with van der Waals surface area (Å²) in [6.07, 6.45) is 5.14. The Bertz CT molecular complexity index is 760. The highest BCUT2D eigenvalue weighted by molar-refractivity contribution is 6.31. The van der Waals surface area contributed by atoms with Gasteiger partial charge in [-0.3, -0.25) is 9.59 Å². The Kier molecular flexibility index (Phi) is 9.32. The molecule has 0 N–H and O–H groups in total. The number of esters is 1. The van der Waals surface area contributed by atoms with E-state index in [4.69, 9.17) is 23.2 Å². The second-order valence-corrected chi connectivity index (χ2v) is 7.41. The average molecular weight is 422 g/mol. The molecule has 0 fully saturated rings. The molecule has 150 valence electrons. The first-order valence-electron chi connectivity index (χ1n) is 9.41. The van der Waals surface area contributed by atoms with E-state index in [1.165, 1.54) is 7.11 Å². The van der Waals surface area contributed by atoms with Crippen molar-refractivity contribution in [3.63, 3.8) is 0 Å². The fraction of sp³-hybridized carbons (Fsp3) is 0.364. The summed E-state index contributed by atoms with van der Waals surface area (Å²) < 4.78 is 4.64. The van der Waals surface area contributed by atoms with Gasteiger partial charge in [-0.25, -0.2) is 0 Å². The van der Waals surface area contributed by atoms with Crippen LogP contribution < -0.4 is 4.90 Å². The molecule has 0 bridgehead atoms. The maximum Gasteiger partial charge on any atom is 0.305 e. The van der Waals surface area contributed by atoms with Crippen molar-refractivity contribution in [2.45, 2.75) is 38.5 Å². The van der Waals surface area contributed by atoms with E-state index in [-0.39, 0.29) is 11.9 Å². The van der Waals surface area contributed by atoms with Crippen LogP contribution in [0.1, 0.15) is 48.9 Å². The molecule has 0 aromatic heterocycles. The van der Waals surface area contributed by atoms with Crippen LogP contribution in [0.2, 0.25) is 10.0 Å². The van der Waals surface area contributed by atoms with Gasteiger partial charge in [0.2, 0.25) is 0 Å². The van der Waals surface area contributed by atoms with Crippen molar-refractivity contribution in [2.75, 3.05) is 18.6 Å². The van der Waals surface area contributed by atoms with E-state index in [2.05, 4.69) is 4.74 Å². The number of hydrogen-bond acceptors (Lipinski definition) is 3. The number of halogens is 2. The summed E-state index contributed by atoms with van der Waals surface area (Å²) in [5.74, 6) is -0.229. The van der Waals surface area contributed by atoms with Gasteiger partial charge in [0.05, 0.1) is 7.11 Å². The smallest absolute Gasteiger partial charge is 0.305 e. The maximum atomic E-state index is 13.0. The summed E-state index contributed by atoms with van der Waals surface area (Å²) in [6.45, 7) is 0.611. The Morgan fingerprint density at radius 3 is 1.96 bits per heavy atom. The Balaban J connectivity index is 1.93. The van der Waals surface area contributed by atoms with E-state index < -0.39 is 0 Å². The minimum absolute atomic E-state index is 0.0651. The van der Waals surface area contributed by atoms with Gasteiger partial charge in [-0.1, -0.05) is 42.5 Å². The average Bonchev–Trinajstić information content (AvgIpc) is 2.71. The lowest BCUT2D eigenvalue weighted by atomic mass is 10.1. The van der Waals surface area contributed by atoms with Gasteiger partial charge in [-0.2, -0.15) is 0 Å². The molecule has 0 aliphatic rings. The van der Waals surface area contributed by atoms with Crippen LogP contribution >= 0.6 is 23.2 Å². The monoisotopic (exact) mass is 421 g/mol. The Morgan fingerprint density at radius 2 is 1.36 bits per heavy atom. The normalized spacial score (nSPS) is 10.5. The number of unbranched alkanes of at least 4 members (excludes halogenated alkanes) is 4. The highest BCUT2D eigenvalue weighted by Crippen LogP contribution is 2.22. The number of carbonyl (C=O) groups excluding carboxylic acids is 2. The first kappa shape index (κ1) is 22.3. The van der Waals surface area contributed by atoms with E-state index in [0.29, 0.717) is 28.6 Å². The predicted molar refractivity (Wildman–Crippen MR) is 114 cm³/mol. The third-order valence-corrected chi connectivity index (χ3v) is 4.97. The Hall–Kier alpha value is -2.04. The molecule has 4 nitrogen and oxygen atoms in total. The van der Waals surface area contributed by atoms with Crippen molar-refractivity contribution in [1.82, 2.24) is 0 Å². The van der Waals surface area contributed by atoms with E-state index >= 15 is 0 Å². The molecule has 0 heterocycles. The van der Waals surface area contributed by atoms with Gasteiger partial charge in [0.1, 0.15) is 0 Å². The fourth-order valence-corrected chi connectivity index (χ4v) is 3.14. The van der Waals surface area contributed by atoms with Gasteiger partial charge in [0.25, 0.3) is 5.91 Å².